The molecule has 6 N–H and O–H groups in total. The number of benzene rings is 1. The van der Waals surface area contributed by atoms with E-state index in [0.29, 0.717) is 17.9 Å². The zero-order valence-electron chi connectivity index (χ0n) is 13.2. The number of primary amides is 1. The number of hydrogen-bond donors (Lipinski definition) is 3. The van der Waals surface area contributed by atoms with E-state index in [1.54, 1.807) is 6.92 Å². The van der Waals surface area contributed by atoms with Gasteiger partial charge in [0.25, 0.3) is 5.91 Å². The Hall–Kier alpha value is -3.25. The van der Waals surface area contributed by atoms with E-state index in [9.17, 15) is 10.1 Å². The molecule has 1 amide bonds. The van der Waals surface area contributed by atoms with Crippen molar-refractivity contribution in [1.82, 2.24) is 9.97 Å². The first-order valence-corrected chi connectivity index (χ1v) is 7.46. The first-order valence-electron chi connectivity index (χ1n) is 7.08. The Balaban J connectivity index is 2.62. The van der Waals surface area contributed by atoms with Gasteiger partial charge < -0.3 is 26.7 Å². The number of carbonyl (C=O) groups is 1. The van der Waals surface area contributed by atoms with Gasteiger partial charge in [0.1, 0.15) is 17.5 Å². The van der Waals surface area contributed by atoms with Gasteiger partial charge in [0.15, 0.2) is 18.1 Å². The van der Waals surface area contributed by atoms with Crippen LogP contribution < -0.4 is 26.7 Å². The lowest BCUT2D eigenvalue weighted by molar-refractivity contribution is -0.119. The van der Waals surface area contributed by atoms with Gasteiger partial charge in [-0.15, -0.1) is 0 Å². The van der Waals surface area contributed by atoms with Crippen molar-refractivity contribution in [2.75, 3.05) is 24.7 Å². The lowest BCUT2D eigenvalue weighted by atomic mass is 10.1. The van der Waals surface area contributed by atoms with Crippen LogP contribution in [0.1, 0.15) is 12.5 Å². The molecule has 0 saturated carbocycles. The Morgan fingerprint density at radius 2 is 1.96 bits per heavy atom. The summed E-state index contributed by atoms with van der Waals surface area (Å²) < 4.78 is 10.8. The van der Waals surface area contributed by atoms with Gasteiger partial charge in [0, 0.05) is 11.6 Å². The van der Waals surface area contributed by atoms with E-state index in [2.05, 4.69) is 9.97 Å². The monoisotopic (exact) mass is 362 g/mol. The molecule has 9 nitrogen and oxygen atoms in total. The molecule has 0 radical (unpaired) electrons. The molecule has 10 heteroatoms. The Morgan fingerprint density at radius 3 is 2.56 bits per heavy atom. The molecule has 0 spiro atoms. The van der Waals surface area contributed by atoms with Crippen LogP contribution >= 0.6 is 11.6 Å². The quantitative estimate of drug-likeness (QED) is 0.687. The number of halogens is 1. The average Bonchev–Trinajstić information content (AvgIpc) is 2.54. The number of nitrogen functional groups attached to an aromatic ring is 2. The van der Waals surface area contributed by atoms with E-state index >= 15 is 0 Å². The molecule has 0 fully saturated rings. The highest BCUT2D eigenvalue weighted by molar-refractivity contribution is 6.33. The van der Waals surface area contributed by atoms with E-state index in [-0.39, 0.29) is 40.4 Å². The summed E-state index contributed by atoms with van der Waals surface area (Å²) in [6, 6.07) is 4.87. The highest BCUT2D eigenvalue weighted by atomic mass is 35.5. The number of anilines is 2. The van der Waals surface area contributed by atoms with Gasteiger partial charge in [-0.1, -0.05) is 11.6 Å². The predicted molar refractivity (Wildman–Crippen MR) is 91.9 cm³/mol. The minimum atomic E-state index is -0.647. The zero-order valence-corrected chi connectivity index (χ0v) is 14.0. The van der Waals surface area contributed by atoms with Crippen molar-refractivity contribution in [3.8, 4) is 28.8 Å². The smallest absolute Gasteiger partial charge is 0.255 e. The molecule has 2 aromatic rings. The SMILES string of the molecule is CCOc1cc(-c2nc(N)nc(N)c2C#N)c(Cl)cc1OCC(N)=O. The molecular weight excluding hydrogens is 348 g/mol. The summed E-state index contributed by atoms with van der Waals surface area (Å²) in [5, 5.41) is 9.51. The average molecular weight is 363 g/mol. The van der Waals surface area contributed by atoms with Crippen LogP contribution in [-0.2, 0) is 4.79 Å². The standard InChI is InChI=1S/C15H15ClN6O3/c1-2-24-10-3-7(9(16)4-11(10)25-6-12(18)23)13-8(5-17)14(19)22-15(20)21-13/h3-4H,2,6H2,1H3,(H2,18,23)(H4,19,20,21,22). The van der Waals surface area contributed by atoms with Crippen molar-refractivity contribution in [3.63, 3.8) is 0 Å². The number of hydrogen-bond acceptors (Lipinski definition) is 8. The lowest BCUT2D eigenvalue weighted by Gasteiger charge is -2.15. The minimum Gasteiger partial charge on any atom is -0.490 e. The largest absolute Gasteiger partial charge is 0.490 e. The van der Waals surface area contributed by atoms with Crippen molar-refractivity contribution < 1.29 is 14.3 Å². The normalized spacial score (nSPS) is 10.1. The third-order valence-corrected chi connectivity index (χ3v) is 3.34. The molecule has 0 aliphatic heterocycles. The number of nitrogens with zero attached hydrogens (tertiary/aromatic N) is 3. The van der Waals surface area contributed by atoms with Gasteiger partial charge in [-0.05, 0) is 13.0 Å². The van der Waals surface area contributed by atoms with Crippen LogP contribution in [0.3, 0.4) is 0 Å². The highest BCUT2D eigenvalue weighted by Crippen LogP contribution is 2.39. The van der Waals surface area contributed by atoms with Gasteiger partial charge in [0.2, 0.25) is 5.95 Å². The van der Waals surface area contributed by atoms with E-state index in [1.807, 2.05) is 6.07 Å². The van der Waals surface area contributed by atoms with Crippen LogP contribution in [0, 0.1) is 11.3 Å². The van der Waals surface area contributed by atoms with Crippen LogP contribution in [0.4, 0.5) is 11.8 Å². The van der Waals surface area contributed by atoms with Gasteiger partial charge in [-0.3, -0.25) is 4.79 Å². The van der Waals surface area contributed by atoms with Crippen molar-refractivity contribution in [2.45, 2.75) is 6.92 Å². The number of amides is 1. The molecule has 1 heterocycles. The van der Waals surface area contributed by atoms with Gasteiger partial charge in [-0.2, -0.15) is 10.2 Å². The Morgan fingerprint density at radius 1 is 1.28 bits per heavy atom. The molecule has 0 saturated heterocycles. The Kier molecular flexibility index (Phi) is 5.46. The first kappa shape index (κ1) is 18.1. The molecule has 0 unspecified atom stereocenters. The number of ether oxygens (including phenoxy) is 2. The van der Waals surface area contributed by atoms with Gasteiger partial charge in [0.05, 0.1) is 17.3 Å². The molecule has 0 aliphatic carbocycles. The lowest BCUT2D eigenvalue weighted by Crippen LogP contribution is -2.20. The first-order chi connectivity index (χ1) is 11.9. The highest BCUT2D eigenvalue weighted by Gasteiger charge is 2.19. The summed E-state index contributed by atoms with van der Waals surface area (Å²) in [6.45, 7) is 1.76. The number of aromatic nitrogens is 2. The summed E-state index contributed by atoms with van der Waals surface area (Å²) in [5.41, 5.74) is 17.0. The van der Waals surface area contributed by atoms with E-state index in [0.717, 1.165) is 0 Å². The van der Waals surface area contributed by atoms with Crippen LogP contribution in [0.25, 0.3) is 11.3 Å². The Bertz CT molecular complexity index is 865. The predicted octanol–water partition coefficient (Wildman–Crippen LogP) is 1.10. The van der Waals surface area contributed by atoms with Crippen LogP contribution in [0.15, 0.2) is 12.1 Å². The topological polar surface area (TPSA) is 163 Å². The molecule has 2 rings (SSSR count). The second-order valence-corrected chi connectivity index (χ2v) is 5.18. The third kappa shape index (κ3) is 3.99. The summed E-state index contributed by atoms with van der Waals surface area (Å²) in [6.07, 6.45) is 0. The maximum atomic E-state index is 10.9. The third-order valence-electron chi connectivity index (χ3n) is 3.02. The second-order valence-electron chi connectivity index (χ2n) is 4.77. The summed E-state index contributed by atoms with van der Waals surface area (Å²) >= 11 is 6.28. The second kappa shape index (κ2) is 7.55. The summed E-state index contributed by atoms with van der Waals surface area (Å²) in [4.78, 5) is 18.7. The molecule has 0 bridgehead atoms. The number of nitriles is 1. The van der Waals surface area contributed by atoms with Crippen LogP contribution in [0.5, 0.6) is 11.5 Å². The molecule has 1 aromatic heterocycles. The van der Waals surface area contributed by atoms with Gasteiger partial charge >= 0.3 is 0 Å². The molecular formula is C15H15ClN6O3. The van der Waals surface area contributed by atoms with Crippen molar-refractivity contribution >= 4 is 29.3 Å². The van der Waals surface area contributed by atoms with Crippen molar-refractivity contribution in [2.24, 2.45) is 5.73 Å². The number of carbonyl (C=O) groups excluding carboxylic acids is 1. The maximum Gasteiger partial charge on any atom is 0.255 e. The van der Waals surface area contributed by atoms with Crippen molar-refractivity contribution in [1.29, 1.82) is 5.26 Å². The fourth-order valence-electron chi connectivity index (χ4n) is 2.05. The number of nitrogens with two attached hydrogens (primary N) is 3. The van der Waals surface area contributed by atoms with Gasteiger partial charge in [-0.25, -0.2) is 4.98 Å². The van der Waals surface area contributed by atoms with E-state index in [1.165, 1.54) is 12.1 Å². The minimum absolute atomic E-state index is 0.0318. The summed E-state index contributed by atoms with van der Waals surface area (Å²) in [7, 11) is 0. The fraction of sp³-hybridized carbons (Fsp3) is 0.200. The zero-order chi connectivity index (χ0) is 18.6. The van der Waals surface area contributed by atoms with Crippen molar-refractivity contribution in [3.05, 3.63) is 22.7 Å². The summed E-state index contributed by atoms with van der Waals surface area (Å²) in [5.74, 6) is -0.292. The number of rotatable bonds is 6. The van der Waals surface area contributed by atoms with Crippen LogP contribution in [-0.4, -0.2) is 29.1 Å². The van der Waals surface area contributed by atoms with E-state index < -0.39 is 5.91 Å². The Labute approximate surface area is 148 Å². The maximum absolute atomic E-state index is 10.9. The molecule has 0 atom stereocenters. The van der Waals surface area contributed by atoms with E-state index in [4.69, 9.17) is 38.3 Å². The molecule has 1 aromatic carbocycles. The molecule has 25 heavy (non-hydrogen) atoms. The fourth-order valence-corrected chi connectivity index (χ4v) is 2.29. The molecule has 0 aliphatic rings. The molecule has 130 valence electrons. The van der Waals surface area contributed by atoms with Crippen LogP contribution in [0.2, 0.25) is 5.02 Å².